The molecule has 1 N–H and O–H groups in total. The van der Waals surface area contributed by atoms with Crippen LogP contribution in [0.15, 0.2) is 0 Å². The van der Waals surface area contributed by atoms with Gasteiger partial charge in [0.05, 0.1) is 0 Å². The summed E-state index contributed by atoms with van der Waals surface area (Å²) >= 11 is 0. The van der Waals surface area contributed by atoms with Crippen LogP contribution in [0.2, 0.25) is 0 Å². The van der Waals surface area contributed by atoms with E-state index in [1.54, 1.807) is 0 Å². The molecular formula is C10H18N2. The first kappa shape index (κ1) is 9.57. The fourth-order valence-corrected chi connectivity index (χ4v) is 1.53. The maximum atomic E-state index is 5.13. The van der Waals surface area contributed by atoms with Crippen LogP contribution in [0.3, 0.4) is 0 Å². The van der Waals surface area contributed by atoms with Crippen molar-refractivity contribution in [2.45, 2.75) is 19.3 Å². The van der Waals surface area contributed by atoms with Gasteiger partial charge in [0.25, 0.3) is 0 Å². The molecule has 0 aromatic heterocycles. The smallest absolute Gasteiger partial charge is 0.0211 e. The molecule has 68 valence electrons. The van der Waals surface area contributed by atoms with Crippen LogP contribution in [-0.4, -0.2) is 37.6 Å². The third-order valence-corrected chi connectivity index (χ3v) is 2.25. The topological polar surface area (TPSA) is 15.3 Å². The Morgan fingerprint density at radius 2 is 2.00 bits per heavy atom. The van der Waals surface area contributed by atoms with Crippen molar-refractivity contribution in [1.82, 2.24) is 10.2 Å². The number of nitrogens with zero attached hydrogens (tertiary/aromatic N) is 1. The van der Waals surface area contributed by atoms with Gasteiger partial charge >= 0.3 is 0 Å². The highest BCUT2D eigenvalue weighted by Gasteiger charge is 2.09. The Hall–Kier alpha value is -0.520. The fourth-order valence-electron chi connectivity index (χ4n) is 1.53. The van der Waals surface area contributed by atoms with E-state index < -0.39 is 0 Å². The number of nitrogens with one attached hydrogen (secondary N) is 1. The quantitative estimate of drug-likeness (QED) is 0.477. The van der Waals surface area contributed by atoms with E-state index >= 15 is 0 Å². The minimum Gasteiger partial charge on any atom is -0.315 e. The molecule has 0 amide bonds. The highest BCUT2D eigenvalue weighted by atomic mass is 15.1. The lowest BCUT2D eigenvalue weighted by Gasteiger charge is -2.14. The van der Waals surface area contributed by atoms with Crippen molar-refractivity contribution in [2.75, 3.05) is 32.7 Å². The number of likely N-dealkylation sites (tertiary alicyclic amines) is 1. The van der Waals surface area contributed by atoms with E-state index in [0.717, 1.165) is 19.5 Å². The Labute approximate surface area is 75.3 Å². The van der Waals surface area contributed by atoms with Crippen LogP contribution in [0.1, 0.15) is 19.3 Å². The van der Waals surface area contributed by atoms with Crippen molar-refractivity contribution in [1.29, 1.82) is 0 Å². The van der Waals surface area contributed by atoms with Crippen LogP contribution in [0.25, 0.3) is 0 Å². The zero-order valence-electron chi connectivity index (χ0n) is 7.68. The summed E-state index contributed by atoms with van der Waals surface area (Å²) in [5.41, 5.74) is 0. The Bertz CT molecular complexity index is 142. The lowest BCUT2D eigenvalue weighted by Crippen LogP contribution is -2.30. The molecule has 1 fully saturated rings. The Morgan fingerprint density at radius 1 is 1.25 bits per heavy atom. The molecule has 0 radical (unpaired) electrons. The molecule has 0 aliphatic carbocycles. The van der Waals surface area contributed by atoms with Gasteiger partial charge in [-0.05, 0) is 25.9 Å². The summed E-state index contributed by atoms with van der Waals surface area (Å²) in [4.78, 5) is 2.50. The third kappa shape index (κ3) is 3.75. The normalized spacial score (nSPS) is 17.9. The maximum absolute atomic E-state index is 5.13. The molecule has 0 aromatic rings. The zero-order valence-corrected chi connectivity index (χ0v) is 7.68. The average molecular weight is 166 g/mol. The molecule has 0 spiro atoms. The molecule has 2 heteroatoms. The van der Waals surface area contributed by atoms with Crippen LogP contribution in [0, 0.1) is 12.3 Å². The van der Waals surface area contributed by atoms with Crippen LogP contribution in [0.4, 0.5) is 0 Å². The predicted octanol–water partition coefficient (Wildman–Crippen LogP) is 0.695. The van der Waals surface area contributed by atoms with E-state index in [4.69, 9.17) is 6.42 Å². The molecule has 12 heavy (non-hydrogen) atoms. The Balaban J connectivity index is 1.85. The summed E-state index contributed by atoms with van der Waals surface area (Å²) in [7, 11) is 0. The van der Waals surface area contributed by atoms with Gasteiger partial charge < -0.3 is 10.2 Å². The second kappa shape index (κ2) is 6.05. The number of hydrogen-bond donors (Lipinski definition) is 1. The Kier molecular flexibility index (Phi) is 4.82. The van der Waals surface area contributed by atoms with E-state index in [9.17, 15) is 0 Å². The molecule has 1 saturated heterocycles. The Morgan fingerprint density at radius 3 is 2.67 bits per heavy atom. The first-order valence-corrected chi connectivity index (χ1v) is 4.80. The molecule has 1 aliphatic rings. The fraction of sp³-hybridized carbons (Fsp3) is 0.800. The largest absolute Gasteiger partial charge is 0.315 e. The van der Waals surface area contributed by atoms with Gasteiger partial charge in [0.2, 0.25) is 0 Å². The summed E-state index contributed by atoms with van der Waals surface area (Å²) in [5.74, 6) is 2.62. The summed E-state index contributed by atoms with van der Waals surface area (Å²) in [6.07, 6.45) is 8.74. The first-order valence-electron chi connectivity index (χ1n) is 4.80. The van der Waals surface area contributed by atoms with E-state index in [2.05, 4.69) is 16.1 Å². The zero-order chi connectivity index (χ0) is 8.65. The van der Waals surface area contributed by atoms with Crippen LogP contribution in [-0.2, 0) is 0 Å². The van der Waals surface area contributed by atoms with Crippen molar-refractivity contribution in [2.24, 2.45) is 0 Å². The average Bonchev–Trinajstić information content (AvgIpc) is 2.57. The van der Waals surface area contributed by atoms with Gasteiger partial charge in [-0.3, -0.25) is 0 Å². The highest BCUT2D eigenvalue weighted by Crippen LogP contribution is 2.05. The number of hydrogen-bond acceptors (Lipinski definition) is 2. The second-order valence-electron chi connectivity index (χ2n) is 3.25. The molecule has 0 unspecified atom stereocenters. The molecule has 1 aliphatic heterocycles. The molecular weight excluding hydrogens is 148 g/mol. The maximum Gasteiger partial charge on any atom is 0.0211 e. The SMILES string of the molecule is C#CCCNCCN1CCCC1. The van der Waals surface area contributed by atoms with Crippen LogP contribution in [0.5, 0.6) is 0 Å². The lowest BCUT2D eigenvalue weighted by molar-refractivity contribution is 0.337. The van der Waals surface area contributed by atoms with Crippen molar-refractivity contribution < 1.29 is 0 Å². The van der Waals surface area contributed by atoms with Crippen molar-refractivity contribution in [3.05, 3.63) is 0 Å². The van der Waals surface area contributed by atoms with Gasteiger partial charge in [-0.15, -0.1) is 12.3 Å². The first-order chi connectivity index (χ1) is 5.93. The number of terminal acetylenes is 1. The second-order valence-corrected chi connectivity index (χ2v) is 3.25. The van der Waals surface area contributed by atoms with Crippen molar-refractivity contribution >= 4 is 0 Å². The summed E-state index contributed by atoms with van der Waals surface area (Å²) in [6.45, 7) is 5.81. The van der Waals surface area contributed by atoms with Gasteiger partial charge in [0.15, 0.2) is 0 Å². The standard InChI is InChI=1S/C10H18N2/c1-2-3-6-11-7-10-12-8-4-5-9-12/h1,11H,3-10H2. The lowest BCUT2D eigenvalue weighted by atomic mass is 10.4. The van der Waals surface area contributed by atoms with Crippen molar-refractivity contribution in [3.8, 4) is 12.3 Å². The van der Waals surface area contributed by atoms with Crippen LogP contribution >= 0.6 is 0 Å². The van der Waals surface area contributed by atoms with E-state index in [1.165, 1.54) is 32.5 Å². The minimum absolute atomic E-state index is 0.847. The highest BCUT2D eigenvalue weighted by molar-refractivity contribution is 4.84. The third-order valence-electron chi connectivity index (χ3n) is 2.25. The number of rotatable bonds is 5. The molecule has 0 bridgehead atoms. The predicted molar refractivity (Wildman–Crippen MR) is 52.0 cm³/mol. The summed E-state index contributed by atoms with van der Waals surface area (Å²) in [6, 6.07) is 0. The minimum atomic E-state index is 0.847. The molecule has 0 aromatic carbocycles. The monoisotopic (exact) mass is 166 g/mol. The molecule has 1 rings (SSSR count). The van der Waals surface area contributed by atoms with Crippen LogP contribution < -0.4 is 5.32 Å². The van der Waals surface area contributed by atoms with Crippen molar-refractivity contribution in [3.63, 3.8) is 0 Å². The van der Waals surface area contributed by atoms with Gasteiger partial charge in [0.1, 0.15) is 0 Å². The molecule has 0 atom stereocenters. The van der Waals surface area contributed by atoms with E-state index in [1.807, 2.05) is 0 Å². The van der Waals surface area contributed by atoms with E-state index in [-0.39, 0.29) is 0 Å². The molecule has 2 nitrogen and oxygen atoms in total. The molecule has 1 heterocycles. The molecule has 0 saturated carbocycles. The summed E-state index contributed by atoms with van der Waals surface area (Å²) in [5, 5.41) is 3.33. The van der Waals surface area contributed by atoms with Gasteiger partial charge in [-0.2, -0.15) is 0 Å². The van der Waals surface area contributed by atoms with E-state index in [0.29, 0.717) is 0 Å². The van der Waals surface area contributed by atoms with Gasteiger partial charge in [0, 0.05) is 26.1 Å². The van der Waals surface area contributed by atoms with Gasteiger partial charge in [-0.25, -0.2) is 0 Å². The summed E-state index contributed by atoms with van der Waals surface area (Å²) < 4.78 is 0. The van der Waals surface area contributed by atoms with Gasteiger partial charge in [-0.1, -0.05) is 0 Å².